The molecule has 2 heterocycles. The Morgan fingerprint density at radius 2 is 2.10 bits per heavy atom. The molecule has 1 saturated carbocycles. The van der Waals surface area contributed by atoms with Crippen molar-refractivity contribution in [3.63, 3.8) is 0 Å². The minimum atomic E-state index is -3.22. The van der Waals surface area contributed by atoms with E-state index in [9.17, 15) is 8.42 Å². The molecule has 1 aliphatic carbocycles. The van der Waals surface area contributed by atoms with Crippen molar-refractivity contribution in [3.8, 4) is 10.6 Å². The van der Waals surface area contributed by atoms with Gasteiger partial charge in [0.15, 0.2) is 15.7 Å². The SMILES string of the molecule is CS(=O)(=O)c1cccc(-c2nn3c(C4CC4)nnc3s2)c1. The monoisotopic (exact) mass is 320 g/mol. The first-order valence-corrected chi connectivity index (χ1v) is 9.26. The molecule has 4 rings (SSSR count). The molecule has 0 atom stereocenters. The van der Waals surface area contributed by atoms with E-state index >= 15 is 0 Å². The summed E-state index contributed by atoms with van der Waals surface area (Å²) < 4.78 is 25.1. The molecule has 0 amide bonds. The van der Waals surface area contributed by atoms with Gasteiger partial charge in [0.2, 0.25) is 4.96 Å². The lowest BCUT2D eigenvalue weighted by molar-refractivity contribution is 0.602. The number of hydrogen-bond acceptors (Lipinski definition) is 6. The van der Waals surface area contributed by atoms with Gasteiger partial charge in [0.1, 0.15) is 5.01 Å². The first-order valence-electron chi connectivity index (χ1n) is 6.55. The standard InChI is InChI=1S/C13H12N4O2S2/c1-21(18,19)10-4-2-3-9(7-10)12-16-17-11(8-5-6-8)14-15-13(17)20-12/h2-4,7-8H,5-6H2,1H3. The van der Waals surface area contributed by atoms with Crippen LogP contribution in [-0.4, -0.2) is 34.5 Å². The van der Waals surface area contributed by atoms with Crippen LogP contribution in [0.25, 0.3) is 15.5 Å². The van der Waals surface area contributed by atoms with Crippen molar-refractivity contribution in [2.24, 2.45) is 0 Å². The molecule has 1 fully saturated rings. The van der Waals surface area contributed by atoms with Gasteiger partial charge in [-0.3, -0.25) is 0 Å². The smallest absolute Gasteiger partial charge is 0.224 e. The van der Waals surface area contributed by atoms with Crippen LogP contribution < -0.4 is 0 Å². The highest BCUT2D eigenvalue weighted by atomic mass is 32.2. The number of fused-ring (bicyclic) bond motifs is 1. The Morgan fingerprint density at radius 1 is 1.29 bits per heavy atom. The summed E-state index contributed by atoms with van der Waals surface area (Å²) in [4.78, 5) is 1.05. The summed E-state index contributed by atoms with van der Waals surface area (Å²) >= 11 is 1.42. The van der Waals surface area contributed by atoms with Crippen molar-refractivity contribution in [1.82, 2.24) is 19.8 Å². The van der Waals surface area contributed by atoms with E-state index < -0.39 is 9.84 Å². The molecule has 2 aromatic heterocycles. The normalized spacial score (nSPS) is 15.7. The summed E-state index contributed by atoms with van der Waals surface area (Å²) in [5, 5.41) is 13.6. The Balaban J connectivity index is 1.83. The first kappa shape index (κ1) is 12.9. The van der Waals surface area contributed by atoms with E-state index in [1.807, 2.05) is 6.07 Å². The van der Waals surface area contributed by atoms with Gasteiger partial charge in [-0.1, -0.05) is 23.5 Å². The average molecular weight is 320 g/mol. The zero-order chi connectivity index (χ0) is 14.6. The largest absolute Gasteiger partial charge is 0.234 e. The quantitative estimate of drug-likeness (QED) is 0.739. The maximum atomic E-state index is 11.6. The highest BCUT2D eigenvalue weighted by molar-refractivity contribution is 7.90. The Kier molecular flexibility index (Phi) is 2.67. The minimum absolute atomic E-state index is 0.299. The van der Waals surface area contributed by atoms with E-state index in [0.29, 0.717) is 10.8 Å². The fraction of sp³-hybridized carbons (Fsp3) is 0.308. The van der Waals surface area contributed by atoms with Crippen molar-refractivity contribution in [2.75, 3.05) is 6.26 Å². The Morgan fingerprint density at radius 3 is 2.81 bits per heavy atom. The zero-order valence-corrected chi connectivity index (χ0v) is 12.9. The second kappa shape index (κ2) is 4.35. The zero-order valence-electron chi connectivity index (χ0n) is 11.2. The molecule has 0 spiro atoms. The van der Waals surface area contributed by atoms with Gasteiger partial charge in [-0.15, -0.1) is 10.2 Å². The van der Waals surface area contributed by atoms with Gasteiger partial charge >= 0.3 is 0 Å². The van der Waals surface area contributed by atoms with Gasteiger partial charge in [-0.2, -0.15) is 9.61 Å². The summed E-state index contributed by atoms with van der Waals surface area (Å²) in [6.45, 7) is 0. The summed E-state index contributed by atoms with van der Waals surface area (Å²) in [6, 6.07) is 6.83. The molecule has 0 unspecified atom stereocenters. The molecule has 108 valence electrons. The van der Waals surface area contributed by atoms with E-state index in [1.165, 1.54) is 17.6 Å². The first-order chi connectivity index (χ1) is 10.0. The van der Waals surface area contributed by atoms with E-state index in [2.05, 4.69) is 15.3 Å². The van der Waals surface area contributed by atoms with Crippen molar-refractivity contribution < 1.29 is 8.42 Å². The van der Waals surface area contributed by atoms with Crippen LogP contribution in [0.4, 0.5) is 0 Å². The van der Waals surface area contributed by atoms with Gasteiger partial charge in [0, 0.05) is 17.7 Å². The fourth-order valence-electron chi connectivity index (χ4n) is 2.20. The summed E-state index contributed by atoms with van der Waals surface area (Å²) in [5.74, 6) is 1.38. The summed E-state index contributed by atoms with van der Waals surface area (Å²) in [7, 11) is -3.22. The Hall–Kier alpha value is -1.80. The van der Waals surface area contributed by atoms with Crippen molar-refractivity contribution in [2.45, 2.75) is 23.7 Å². The predicted molar refractivity (Wildman–Crippen MR) is 79.2 cm³/mol. The van der Waals surface area contributed by atoms with E-state index in [4.69, 9.17) is 0 Å². The number of hydrogen-bond donors (Lipinski definition) is 0. The second-order valence-corrected chi connectivity index (χ2v) is 8.21. The number of sulfone groups is 1. The van der Waals surface area contributed by atoms with Crippen LogP contribution in [0.2, 0.25) is 0 Å². The van der Waals surface area contributed by atoms with Gasteiger partial charge in [0.25, 0.3) is 0 Å². The molecule has 0 saturated heterocycles. The molecule has 0 bridgehead atoms. The van der Waals surface area contributed by atoms with Crippen molar-refractivity contribution in [1.29, 1.82) is 0 Å². The maximum Gasteiger partial charge on any atom is 0.234 e. The van der Waals surface area contributed by atoms with Crippen LogP contribution in [0.3, 0.4) is 0 Å². The van der Waals surface area contributed by atoms with Gasteiger partial charge in [0.05, 0.1) is 4.90 Å². The van der Waals surface area contributed by atoms with Crippen molar-refractivity contribution in [3.05, 3.63) is 30.1 Å². The number of rotatable bonds is 3. The molecule has 0 radical (unpaired) electrons. The van der Waals surface area contributed by atoms with Crippen LogP contribution in [0.1, 0.15) is 24.6 Å². The lowest BCUT2D eigenvalue weighted by Crippen LogP contribution is -1.97. The minimum Gasteiger partial charge on any atom is -0.224 e. The number of nitrogens with zero attached hydrogens (tertiary/aromatic N) is 4. The Bertz CT molecular complexity index is 938. The highest BCUT2D eigenvalue weighted by Gasteiger charge is 2.30. The highest BCUT2D eigenvalue weighted by Crippen LogP contribution is 2.39. The van der Waals surface area contributed by atoms with E-state index in [1.54, 1.807) is 22.7 Å². The Labute approximate surface area is 125 Å². The fourth-order valence-corrected chi connectivity index (χ4v) is 3.71. The molecule has 8 heteroatoms. The molecule has 21 heavy (non-hydrogen) atoms. The van der Waals surface area contributed by atoms with Crippen LogP contribution in [0, 0.1) is 0 Å². The molecule has 0 aliphatic heterocycles. The molecule has 1 aromatic carbocycles. The molecular formula is C13H12N4O2S2. The number of benzene rings is 1. The van der Waals surface area contributed by atoms with Crippen LogP contribution in [0.5, 0.6) is 0 Å². The maximum absolute atomic E-state index is 11.6. The van der Waals surface area contributed by atoms with Crippen LogP contribution >= 0.6 is 11.3 Å². The lowest BCUT2D eigenvalue weighted by Gasteiger charge is -2.00. The van der Waals surface area contributed by atoms with Gasteiger partial charge in [-0.25, -0.2) is 8.42 Å². The molecule has 6 nitrogen and oxygen atoms in total. The van der Waals surface area contributed by atoms with Crippen LogP contribution in [-0.2, 0) is 9.84 Å². The van der Waals surface area contributed by atoms with Gasteiger partial charge in [-0.05, 0) is 25.0 Å². The molecule has 1 aliphatic rings. The van der Waals surface area contributed by atoms with Crippen molar-refractivity contribution >= 4 is 26.1 Å². The van der Waals surface area contributed by atoms with E-state index in [-0.39, 0.29) is 0 Å². The number of aromatic nitrogens is 4. The predicted octanol–water partition coefficient (Wildman–Crippen LogP) is 2.13. The summed E-state index contributed by atoms with van der Waals surface area (Å²) in [5.41, 5.74) is 0.787. The molecule has 3 aromatic rings. The molecular weight excluding hydrogens is 308 g/mol. The van der Waals surface area contributed by atoms with Gasteiger partial charge < -0.3 is 0 Å². The third-order valence-electron chi connectivity index (χ3n) is 3.47. The second-order valence-electron chi connectivity index (χ2n) is 5.23. The van der Waals surface area contributed by atoms with Crippen LogP contribution in [0.15, 0.2) is 29.2 Å². The topological polar surface area (TPSA) is 77.2 Å². The summed E-state index contributed by atoms with van der Waals surface area (Å²) in [6.07, 6.45) is 3.48. The third kappa shape index (κ3) is 2.24. The third-order valence-corrected chi connectivity index (χ3v) is 5.52. The van der Waals surface area contributed by atoms with E-state index in [0.717, 1.165) is 34.2 Å². The average Bonchev–Trinajstić information content (AvgIpc) is 3.07. The molecule has 0 N–H and O–H groups in total. The lowest BCUT2D eigenvalue weighted by atomic mass is 10.2.